The van der Waals surface area contributed by atoms with Gasteiger partial charge in [0.1, 0.15) is 10.6 Å². The van der Waals surface area contributed by atoms with Crippen LogP contribution in [-0.2, 0) is 5.60 Å². The zero-order valence-corrected chi connectivity index (χ0v) is 9.34. The van der Waals surface area contributed by atoms with Crippen LogP contribution in [0.25, 0.3) is 0 Å². The third-order valence-electron chi connectivity index (χ3n) is 2.76. The Hall–Kier alpha value is -0.670. The van der Waals surface area contributed by atoms with Crippen molar-refractivity contribution in [2.45, 2.75) is 32.3 Å². The average Bonchev–Trinajstić information content (AvgIpc) is 2.64. The Bertz CT molecular complexity index is 342. The third kappa shape index (κ3) is 1.74. The van der Waals surface area contributed by atoms with Crippen LogP contribution in [0, 0.1) is 5.41 Å². The van der Waals surface area contributed by atoms with Crippen LogP contribution in [-0.4, -0.2) is 10.1 Å². The summed E-state index contributed by atoms with van der Waals surface area (Å²) in [6.07, 6.45) is 7.50. The summed E-state index contributed by atoms with van der Waals surface area (Å²) in [5.41, 5.74) is -0.604. The van der Waals surface area contributed by atoms with Gasteiger partial charge in [-0.15, -0.1) is 11.3 Å². The van der Waals surface area contributed by atoms with Gasteiger partial charge in [0.15, 0.2) is 0 Å². The van der Waals surface area contributed by atoms with E-state index in [1.54, 1.807) is 6.20 Å². The van der Waals surface area contributed by atoms with E-state index >= 15 is 0 Å². The molecule has 1 atom stereocenters. The second kappa shape index (κ2) is 3.17. The highest BCUT2D eigenvalue weighted by Crippen LogP contribution is 2.40. The molecule has 0 saturated carbocycles. The first kappa shape index (κ1) is 9.87. The van der Waals surface area contributed by atoms with Gasteiger partial charge < -0.3 is 5.11 Å². The number of allylic oxidation sites excluding steroid dienone is 1. The molecule has 14 heavy (non-hydrogen) atoms. The van der Waals surface area contributed by atoms with Gasteiger partial charge in [-0.25, -0.2) is 4.98 Å². The van der Waals surface area contributed by atoms with Gasteiger partial charge in [-0.2, -0.15) is 0 Å². The Kier molecular flexibility index (Phi) is 2.24. The minimum atomic E-state index is -0.816. The largest absolute Gasteiger partial charge is 0.379 e. The molecule has 0 spiro atoms. The zero-order valence-electron chi connectivity index (χ0n) is 8.53. The van der Waals surface area contributed by atoms with Crippen molar-refractivity contribution in [1.82, 2.24) is 4.98 Å². The van der Waals surface area contributed by atoms with E-state index in [1.165, 1.54) is 11.3 Å². The van der Waals surface area contributed by atoms with Crippen LogP contribution in [0.2, 0.25) is 0 Å². The van der Waals surface area contributed by atoms with Crippen molar-refractivity contribution in [3.05, 3.63) is 28.7 Å². The molecule has 0 bridgehead atoms. The van der Waals surface area contributed by atoms with E-state index in [1.807, 2.05) is 11.5 Å². The highest BCUT2D eigenvalue weighted by Gasteiger charge is 2.35. The van der Waals surface area contributed by atoms with E-state index in [4.69, 9.17) is 0 Å². The predicted molar refractivity (Wildman–Crippen MR) is 58.2 cm³/mol. The van der Waals surface area contributed by atoms with Crippen LogP contribution in [0.1, 0.15) is 31.7 Å². The smallest absolute Gasteiger partial charge is 0.134 e. The monoisotopic (exact) mass is 209 g/mol. The van der Waals surface area contributed by atoms with E-state index in [0.29, 0.717) is 0 Å². The van der Waals surface area contributed by atoms with Crippen molar-refractivity contribution < 1.29 is 5.11 Å². The van der Waals surface area contributed by atoms with Gasteiger partial charge in [-0.05, 0) is 24.3 Å². The van der Waals surface area contributed by atoms with Crippen molar-refractivity contribution in [3.8, 4) is 0 Å². The van der Waals surface area contributed by atoms with Gasteiger partial charge in [-0.3, -0.25) is 0 Å². The van der Waals surface area contributed by atoms with Crippen molar-refractivity contribution in [2.24, 2.45) is 5.41 Å². The molecule has 0 radical (unpaired) electrons. The maximum atomic E-state index is 10.3. The SMILES string of the molecule is CC1(C)C=CC(O)(c2nccs2)CC1. The molecule has 1 heterocycles. The Morgan fingerprint density at radius 1 is 1.36 bits per heavy atom. The highest BCUT2D eigenvalue weighted by atomic mass is 32.1. The Labute approximate surface area is 88.3 Å². The normalized spacial score (nSPS) is 30.5. The molecule has 0 aliphatic heterocycles. The van der Waals surface area contributed by atoms with Crippen LogP contribution in [0.3, 0.4) is 0 Å². The van der Waals surface area contributed by atoms with Gasteiger partial charge >= 0.3 is 0 Å². The van der Waals surface area contributed by atoms with Gasteiger partial charge in [-0.1, -0.05) is 19.9 Å². The summed E-state index contributed by atoms with van der Waals surface area (Å²) in [4.78, 5) is 4.18. The van der Waals surface area contributed by atoms with Gasteiger partial charge in [0.05, 0.1) is 0 Å². The molecule has 0 aromatic carbocycles. The second-order valence-electron chi connectivity index (χ2n) is 4.58. The standard InChI is InChI=1S/C11H15NOS/c1-10(2)3-5-11(13,6-4-10)9-12-7-8-14-9/h3,5,7-8,13H,4,6H2,1-2H3. The van der Waals surface area contributed by atoms with Crippen molar-refractivity contribution in [3.63, 3.8) is 0 Å². The van der Waals surface area contributed by atoms with Crippen molar-refractivity contribution >= 4 is 11.3 Å². The first-order chi connectivity index (χ1) is 6.52. The lowest BCUT2D eigenvalue weighted by molar-refractivity contribution is 0.0579. The number of aromatic nitrogens is 1. The molecule has 1 aliphatic carbocycles. The summed E-state index contributed by atoms with van der Waals surface area (Å²) in [5, 5.41) is 13.0. The van der Waals surface area contributed by atoms with Gasteiger partial charge in [0, 0.05) is 11.6 Å². The molecule has 1 aromatic heterocycles. The summed E-state index contributed by atoms with van der Waals surface area (Å²) in [7, 11) is 0. The van der Waals surface area contributed by atoms with Crippen LogP contribution in [0.4, 0.5) is 0 Å². The molecule has 1 aromatic rings. The van der Waals surface area contributed by atoms with Gasteiger partial charge in [0.25, 0.3) is 0 Å². The fraction of sp³-hybridized carbons (Fsp3) is 0.545. The fourth-order valence-electron chi connectivity index (χ4n) is 1.66. The van der Waals surface area contributed by atoms with E-state index in [2.05, 4.69) is 24.9 Å². The summed E-state index contributed by atoms with van der Waals surface area (Å²) >= 11 is 1.52. The number of nitrogens with zero attached hydrogens (tertiary/aromatic N) is 1. The summed E-state index contributed by atoms with van der Waals surface area (Å²) in [6, 6.07) is 0. The van der Waals surface area contributed by atoms with Crippen LogP contribution in [0.15, 0.2) is 23.7 Å². The second-order valence-corrected chi connectivity index (χ2v) is 5.48. The summed E-state index contributed by atoms with van der Waals surface area (Å²) < 4.78 is 0. The quantitative estimate of drug-likeness (QED) is 0.721. The number of aliphatic hydroxyl groups is 1. The summed E-state index contributed by atoms with van der Waals surface area (Å²) in [5.74, 6) is 0. The van der Waals surface area contributed by atoms with E-state index in [9.17, 15) is 5.11 Å². The molecule has 0 amide bonds. The molecule has 2 rings (SSSR count). The molecular weight excluding hydrogens is 194 g/mol. The average molecular weight is 209 g/mol. The minimum absolute atomic E-state index is 0.212. The zero-order chi connectivity index (χ0) is 10.2. The predicted octanol–water partition coefficient (Wildman–Crippen LogP) is 2.71. The Balaban J connectivity index is 2.29. The lowest BCUT2D eigenvalue weighted by Gasteiger charge is -2.33. The maximum absolute atomic E-state index is 10.3. The molecule has 2 nitrogen and oxygen atoms in total. The Morgan fingerprint density at radius 3 is 2.64 bits per heavy atom. The molecule has 1 unspecified atom stereocenters. The van der Waals surface area contributed by atoms with Crippen LogP contribution in [0.5, 0.6) is 0 Å². The van der Waals surface area contributed by atoms with E-state index in [-0.39, 0.29) is 5.41 Å². The molecular formula is C11H15NOS. The number of hydrogen-bond donors (Lipinski definition) is 1. The van der Waals surface area contributed by atoms with Crippen LogP contribution < -0.4 is 0 Å². The summed E-state index contributed by atoms with van der Waals surface area (Å²) in [6.45, 7) is 4.37. The molecule has 1 aliphatic rings. The number of thiazole rings is 1. The van der Waals surface area contributed by atoms with Gasteiger partial charge in [0.2, 0.25) is 0 Å². The minimum Gasteiger partial charge on any atom is -0.379 e. The van der Waals surface area contributed by atoms with E-state index < -0.39 is 5.60 Å². The molecule has 76 valence electrons. The van der Waals surface area contributed by atoms with E-state index in [0.717, 1.165) is 17.8 Å². The highest BCUT2D eigenvalue weighted by molar-refractivity contribution is 7.09. The fourth-order valence-corrected chi connectivity index (χ4v) is 2.40. The molecule has 3 heteroatoms. The number of hydrogen-bond acceptors (Lipinski definition) is 3. The first-order valence-corrected chi connectivity index (χ1v) is 5.73. The molecule has 1 N–H and O–H groups in total. The first-order valence-electron chi connectivity index (χ1n) is 4.85. The number of rotatable bonds is 1. The third-order valence-corrected chi connectivity index (χ3v) is 3.70. The van der Waals surface area contributed by atoms with Crippen LogP contribution >= 0.6 is 11.3 Å². The lowest BCUT2D eigenvalue weighted by Crippen LogP contribution is -2.29. The van der Waals surface area contributed by atoms with Crippen molar-refractivity contribution in [1.29, 1.82) is 0 Å². The van der Waals surface area contributed by atoms with Crippen molar-refractivity contribution in [2.75, 3.05) is 0 Å². The lowest BCUT2D eigenvalue weighted by atomic mass is 9.77. The Morgan fingerprint density at radius 2 is 2.14 bits per heavy atom. The maximum Gasteiger partial charge on any atom is 0.134 e. The molecule has 0 saturated heterocycles. The molecule has 0 fully saturated rings. The topological polar surface area (TPSA) is 33.1 Å².